The Morgan fingerprint density at radius 2 is 2.06 bits per heavy atom. The number of carbonyl (C=O) groups is 2. The molecule has 4 heteroatoms. The molecule has 0 aromatic heterocycles. The van der Waals surface area contributed by atoms with Gasteiger partial charge >= 0.3 is 5.97 Å². The molecule has 1 aliphatic rings. The van der Waals surface area contributed by atoms with Gasteiger partial charge in [-0.2, -0.15) is 0 Å². The van der Waals surface area contributed by atoms with E-state index in [-0.39, 0.29) is 17.9 Å². The molecule has 0 spiro atoms. The molecule has 18 heavy (non-hydrogen) atoms. The second-order valence-corrected chi connectivity index (χ2v) is 5.24. The van der Waals surface area contributed by atoms with Crippen LogP contribution in [0.1, 0.15) is 58.8 Å². The van der Waals surface area contributed by atoms with Crippen molar-refractivity contribution in [3.63, 3.8) is 0 Å². The van der Waals surface area contributed by atoms with Crippen molar-refractivity contribution in [2.45, 2.75) is 64.8 Å². The summed E-state index contributed by atoms with van der Waals surface area (Å²) < 4.78 is 0. The van der Waals surface area contributed by atoms with Crippen molar-refractivity contribution in [1.29, 1.82) is 0 Å². The van der Waals surface area contributed by atoms with Crippen molar-refractivity contribution in [2.75, 3.05) is 0 Å². The fourth-order valence-corrected chi connectivity index (χ4v) is 2.70. The number of carbonyl (C=O) groups excluding carboxylic acids is 1. The molecule has 0 radical (unpaired) electrons. The van der Waals surface area contributed by atoms with Crippen LogP contribution in [0.3, 0.4) is 0 Å². The fraction of sp³-hybridized carbons (Fsp3) is 0.857. The van der Waals surface area contributed by atoms with Gasteiger partial charge < -0.3 is 10.4 Å². The average molecular weight is 255 g/mol. The van der Waals surface area contributed by atoms with Crippen molar-refractivity contribution in [2.24, 2.45) is 11.8 Å². The highest BCUT2D eigenvalue weighted by Gasteiger charge is 2.34. The van der Waals surface area contributed by atoms with E-state index in [4.69, 9.17) is 5.11 Å². The summed E-state index contributed by atoms with van der Waals surface area (Å²) in [5.41, 5.74) is 0. The van der Waals surface area contributed by atoms with Crippen LogP contribution in [0.15, 0.2) is 0 Å². The third kappa shape index (κ3) is 4.00. The van der Waals surface area contributed by atoms with Crippen LogP contribution in [0, 0.1) is 11.8 Å². The van der Waals surface area contributed by atoms with Crippen molar-refractivity contribution in [3.8, 4) is 0 Å². The Hall–Kier alpha value is -1.06. The molecular formula is C14H25NO3. The lowest BCUT2D eigenvalue weighted by Gasteiger charge is -2.21. The minimum Gasteiger partial charge on any atom is -0.481 e. The number of carboxylic acids is 1. The maximum atomic E-state index is 12.1. The summed E-state index contributed by atoms with van der Waals surface area (Å²) in [4.78, 5) is 23.2. The highest BCUT2D eigenvalue weighted by atomic mass is 16.4. The topological polar surface area (TPSA) is 66.4 Å². The smallest absolute Gasteiger partial charge is 0.308 e. The van der Waals surface area contributed by atoms with Gasteiger partial charge in [-0.05, 0) is 25.7 Å². The number of carboxylic acid groups (broad SMARTS) is 1. The molecule has 3 atom stereocenters. The van der Waals surface area contributed by atoms with Gasteiger partial charge in [-0.1, -0.05) is 33.1 Å². The lowest BCUT2D eigenvalue weighted by Crippen LogP contribution is -2.42. The van der Waals surface area contributed by atoms with Gasteiger partial charge in [0.25, 0.3) is 0 Å². The minimum atomic E-state index is -0.778. The molecule has 1 aliphatic carbocycles. The Morgan fingerprint density at radius 3 is 2.61 bits per heavy atom. The average Bonchev–Trinajstić information content (AvgIpc) is 2.78. The molecule has 4 nitrogen and oxygen atoms in total. The van der Waals surface area contributed by atoms with E-state index in [1.54, 1.807) is 0 Å². The summed E-state index contributed by atoms with van der Waals surface area (Å²) in [7, 11) is 0. The number of hydrogen-bond acceptors (Lipinski definition) is 2. The molecule has 1 saturated carbocycles. The Bertz CT molecular complexity index is 291. The van der Waals surface area contributed by atoms with E-state index in [1.165, 1.54) is 0 Å². The van der Waals surface area contributed by atoms with Crippen LogP contribution in [0.2, 0.25) is 0 Å². The minimum absolute atomic E-state index is 0.0417. The predicted molar refractivity (Wildman–Crippen MR) is 70.2 cm³/mol. The molecule has 1 amide bonds. The highest BCUT2D eigenvalue weighted by Crippen LogP contribution is 2.26. The largest absolute Gasteiger partial charge is 0.481 e. The second-order valence-electron chi connectivity index (χ2n) is 5.24. The van der Waals surface area contributed by atoms with E-state index in [9.17, 15) is 9.59 Å². The number of amides is 1. The van der Waals surface area contributed by atoms with E-state index >= 15 is 0 Å². The number of hydrogen-bond donors (Lipinski definition) is 2. The zero-order valence-electron chi connectivity index (χ0n) is 11.4. The van der Waals surface area contributed by atoms with Crippen molar-refractivity contribution in [1.82, 2.24) is 5.32 Å². The summed E-state index contributed by atoms with van der Waals surface area (Å²) in [6.07, 6.45) is 6.26. The van der Waals surface area contributed by atoms with Crippen molar-refractivity contribution >= 4 is 11.9 Å². The predicted octanol–water partition coefficient (Wildman–Crippen LogP) is 2.57. The molecule has 0 aliphatic heterocycles. The molecule has 0 saturated heterocycles. The van der Waals surface area contributed by atoms with Crippen LogP contribution < -0.4 is 5.32 Å². The Balaban J connectivity index is 2.49. The van der Waals surface area contributed by atoms with Crippen LogP contribution in [0.4, 0.5) is 0 Å². The first-order chi connectivity index (χ1) is 8.60. The Morgan fingerprint density at radius 1 is 1.33 bits per heavy atom. The molecule has 0 aromatic carbocycles. The number of rotatable bonds is 7. The van der Waals surface area contributed by atoms with Gasteiger partial charge in [0, 0.05) is 12.0 Å². The molecule has 0 bridgehead atoms. The van der Waals surface area contributed by atoms with Crippen molar-refractivity contribution in [3.05, 3.63) is 0 Å². The van der Waals surface area contributed by atoms with Gasteiger partial charge in [0.1, 0.15) is 0 Å². The van der Waals surface area contributed by atoms with Gasteiger partial charge in [-0.25, -0.2) is 0 Å². The standard InChI is InChI=1S/C14H25NO3/c1-3-5-7-10(4-2)13(16)15-12-9-6-8-11(12)14(17)18/h10-12H,3-9H2,1-2H3,(H,15,16)(H,17,18)/t10?,11-,12+/m0/s1. The van der Waals surface area contributed by atoms with Gasteiger partial charge in [-0.15, -0.1) is 0 Å². The summed E-state index contributed by atoms with van der Waals surface area (Å²) in [6.45, 7) is 4.13. The Labute approximate surface area is 109 Å². The number of nitrogens with one attached hydrogen (secondary N) is 1. The third-order valence-electron chi connectivity index (χ3n) is 3.93. The molecule has 0 aromatic rings. The summed E-state index contributed by atoms with van der Waals surface area (Å²) in [5.74, 6) is -1.08. The molecule has 1 fully saturated rings. The SMILES string of the molecule is CCCCC(CC)C(=O)N[C@@H]1CCC[C@@H]1C(=O)O. The number of unbranched alkanes of at least 4 members (excludes halogenated alkanes) is 1. The first-order valence-electron chi connectivity index (χ1n) is 7.13. The second kappa shape index (κ2) is 7.39. The quantitative estimate of drug-likeness (QED) is 0.734. The molecule has 1 rings (SSSR count). The lowest BCUT2D eigenvalue weighted by molar-refractivity contribution is -0.142. The molecule has 2 N–H and O–H groups in total. The fourth-order valence-electron chi connectivity index (χ4n) is 2.70. The van der Waals surface area contributed by atoms with Crippen LogP contribution in [-0.4, -0.2) is 23.0 Å². The highest BCUT2D eigenvalue weighted by molar-refractivity contribution is 5.80. The summed E-state index contributed by atoms with van der Waals surface area (Å²) in [5, 5.41) is 12.0. The van der Waals surface area contributed by atoms with E-state index in [2.05, 4.69) is 12.2 Å². The zero-order valence-corrected chi connectivity index (χ0v) is 11.4. The van der Waals surface area contributed by atoms with E-state index in [0.717, 1.165) is 38.5 Å². The summed E-state index contributed by atoms with van der Waals surface area (Å²) >= 11 is 0. The normalized spacial score (nSPS) is 24.8. The van der Waals surface area contributed by atoms with Crippen molar-refractivity contribution < 1.29 is 14.7 Å². The monoisotopic (exact) mass is 255 g/mol. The first-order valence-corrected chi connectivity index (χ1v) is 7.13. The van der Waals surface area contributed by atoms with E-state index in [0.29, 0.717) is 6.42 Å². The van der Waals surface area contributed by atoms with Gasteiger partial charge in [0.15, 0.2) is 0 Å². The Kier molecular flexibility index (Phi) is 6.16. The molecular weight excluding hydrogens is 230 g/mol. The zero-order chi connectivity index (χ0) is 13.5. The van der Waals surface area contributed by atoms with Crippen LogP contribution in [-0.2, 0) is 9.59 Å². The van der Waals surface area contributed by atoms with Gasteiger partial charge in [0.05, 0.1) is 5.92 Å². The van der Waals surface area contributed by atoms with E-state index in [1.807, 2.05) is 6.92 Å². The molecule has 104 valence electrons. The number of aliphatic carboxylic acids is 1. The van der Waals surface area contributed by atoms with Crippen LogP contribution in [0.5, 0.6) is 0 Å². The maximum Gasteiger partial charge on any atom is 0.308 e. The van der Waals surface area contributed by atoms with Gasteiger partial charge in [0.2, 0.25) is 5.91 Å². The third-order valence-corrected chi connectivity index (χ3v) is 3.93. The maximum absolute atomic E-state index is 12.1. The summed E-state index contributed by atoms with van der Waals surface area (Å²) in [6, 6.07) is -0.161. The van der Waals surface area contributed by atoms with Gasteiger partial charge in [-0.3, -0.25) is 9.59 Å². The molecule has 0 heterocycles. The van der Waals surface area contributed by atoms with Crippen LogP contribution in [0.25, 0.3) is 0 Å². The molecule has 1 unspecified atom stereocenters. The first kappa shape index (κ1) is 15.0. The van der Waals surface area contributed by atoms with Crippen LogP contribution >= 0.6 is 0 Å². The van der Waals surface area contributed by atoms with E-state index < -0.39 is 11.9 Å². The lowest BCUT2D eigenvalue weighted by atomic mass is 9.96.